The molecule has 0 amide bonds. The smallest absolute Gasteiger partial charge is 0.0461 e. The SMILES string of the molecule is CC1Cc2ccccc2N1c1ccccc1[C@@H](C)N. The molecule has 2 atom stereocenters. The third-order valence-corrected chi connectivity index (χ3v) is 3.89. The van der Waals surface area contributed by atoms with Gasteiger partial charge in [0.05, 0.1) is 0 Å². The first-order valence-electron chi connectivity index (χ1n) is 6.90. The predicted octanol–water partition coefficient (Wildman–Crippen LogP) is 3.79. The molecule has 0 saturated heterocycles. The van der Waals surface area contributed by atoms with Crippen LogP contribution in [0.3, 0.4) is 0 Å². The summed E-state index contributed by atoms with van der Waals surface area (Å²) < 4.78 is 0. The van der Waals surface area contributed by atoms with Crippen molar-refractivity contribution < 1.29 is 0 Å². The van der Waals surface area contributed by atoms with Gasteiger partial charge < -0.3 is 10.6 Å². The van der Waals surface area contributed by atoms with E-state index in [1.54, 1.807) is 0 Å². The molecule has 2 N–H and O–H groups in total. The normalized spacial score (nSPS) is 19.3. The van der Waals surface area contributed by atoms with Crippen LogP contribution in [0, 0.1) is 0 Å². The summed E-state index contributed by atoms with van der Waals surface area (Å²) in [5, 5.41) is 0. The van der Waals surface area contributed by atoms with Crippen molar-refractivity contribution in [3.05, 3.63) is 59.7 Å². The number of benzene rings is 2. The number of nitrogens with two attached hydrogens (primary N) is 1. The molecule has 1 aliphatic rings. The first-order chi connectivity index (χ1) is 9.18. The van der Waals surface area contributed by atoms with E-state index in [1.165, 1.54) is 22.5 Å². The topological polar surface area (TPSA) is 29.3 Å². The Morgan fingerprint density at radius 3 is 2.42 bits per heavy atom. The lowest BCUT2D eigenvalue weighted by Crippen LogP contribution is -2.26. The summed E-state index contributed by atoms with van der Waals surface area (Å²) in [6.45, 7) is 4.32. The molecule has 2 aromatic rings. The molecule has 0 spiro atoms. The minimum atomic E-state index is 0.0520. The van der Waals surface area contributed by atoms with Crippen molar-refractivity contribution in [1.82, 2.24) is 0 Å². The average molecular weight is 252 g/mol. The Labute approximate surface area is 114 Å². The van der Waals surface area contributed by atoms with Crippen LogP contribution in [-0.4, -0.2) is 6.04 Å². The second kappa shape index (κ2) is 4.71. The van der Waals surface area contributed by atoms with Gasteiger partial charge in [-0.1, -0.05) is 36.4 Å². The highest BCUT2D eigenvalue weighted by Crippen LogP contribution is 2.40. The van der Waals surface area contributed by atoms with Crippen LogP contribution in [0.5, 0.6) is 0 Å². The molecule has 0 aliphatic carbocycles. The Balaban J connectivity index is 2.13. The maximum Gasteiger partial charge on any atom is 0.0461 e. The summed E-state index contributed by atoms with van der Waals surface area (Å²) in [5.41, 5.74) is 11.3. The molecule has 0 bridgehead atoms. The van der Waals surface area contributed by atoms with Crippen molar-refractivity contribution in [3.63, 3.8) is 0 Å². The van der Waals surface area contributed by atoms with Crippen molar-refractivity contribution in [1.29, 1.82) is 0 Å². The van der Waals surface area contributed by atoms with Crippen LogP contribution in [0.25, 0.3) is 0 Å². The molecule has 2 heteroatoms. The Kier molecular flexibility index (Phi) is 3.03. The molecule has 1 aliphatic heterocycles. The Morgan fingerprint density at radius 2 is 1.68 bits per heavy atom. The van der Waals surface area contributed by atoms with Crippen LogP contribution in [0.15, 0.2) is 48.5 Å². The molecule has 19 heavy (non-hydrogen) atoms. The van der Waals surface area contributed by atoms with Crippen molar-refractivity contribution in [2.45, 2.75) is 32.4 Å². The van der Waals surface area contributed by atoms with Crippen molar-refractivity contribution in [3.8, 4) is 0 Å². The summed E-state index contributed by atoms with van der Waals surface area (Å²) in [7, 11) is 0. The van der Waals surface area contributed by atoms with Gasteiger partial charge in [-0.25, -0.2) is 0 Å². The van der Waals surface area contributed by atoms with E-state index in [0.29, 0.717) is 6.04 Å². The van der Waals surface area contributed by atoms with E-state index in [9.17, 15) is 0 Å². The molecule has 1 unspecified atom stereocenters. The highest BCUT2D eigenvalue weighted by Gasteiger charge is 2.28. The van der Waals surface area contributed by atoms with Crippen LogP contribution in [-0.2, 0) is 6.42 Å². The predicted molar refractivity (Wildman–Crippen MR) is 80.8 cm³/mol. The molecular weight excluding hydrogens is 232 g/mol. The highest BCUT2D eigenvalue weighted by atomic mass is 15.2. The number of nitrogens with zero attached hydrogens (tertiary/aromatic N) is 1. The van der Waals surface area contributed by atoms with Gasteiger partial charge in [0.2, 0.25) is 0 Å². The van der Waals surface area contributed by atoms with Crippen molar-refractivity contribution >= 4 is 11.4 Å². The van der Waals surface area contributed by atoms with Crippen LogP contribution in [0.4, 0.5) is 11.4 Å². The lowest BCUT2D eigenvalue weighted by molar-refractivity contribution is 0.743. The standard InChI is InChI=1S/C17H20N2/c1-12-11-14-7-3-5-9-16(14)19(12)17-10-6-4-8-15(17)13(2)18/h3-10,12-13H,11,18H2,1-2H3/t12?,13-/m1/s1. The molecule has 0 aromatic heterocycles. The van der Waals surface area contributed by atoms with Gasteiger partial charge in [0.15, 0.2) is 0 Å². The van der Waals surface area contributed by atoms with E-state index in [0.717, 1.165) is 6.42 Å². The van der Waals surface area contributed by atoms with E-state index in [1.807, 2.05) is 6.92 Å². The summed E-state index contributed by atoms with van der Waals surface area (Å²) in [5.74, 6) is 0. The van der Waals surface area contributed by atoms with Gasteiger partial charge in [-0.2, -0.15) is 0 Å². The average Bonchev–Trinajstić information content (AvgIpc) is 2.74. The van der Waals surface area contributed by atoms with Gasteiger partial charge in [-0.3, -0.25) is 0 Å². The number of para-hydroxylation sites is 2. The molecule has 2 nitrogen and oxygen atoms in total. The lowest BCUT2D eigenvalue weighted by atomic mass is 10.1. The van der Waals surface area contributed by atoms with Gasteiger partial charge in [0, 0.05) is 23.5 Å². The fourth-order valence-corrected chi connectivity index (χ4v) is 3.02. The molecule has 2 aromatic carbocycles. The van der Waals surface area contributed by atoms with Crippen LogP contribution in [0.2, 0.25) is 0 Å². The number of hydrogen-bond acceptors (Lipinski definition) is 2. The summed E-state index contributed by atoms with van der Waals surface area (Å²) >= 11 is 0. The lowest BCUT2D eigenvalue weighted by Gasteiger charge is -2.28. The Hall–Kier alpha value is -1.80. The fourth-order valence-electron chi connectivity index (χ4n) is 3.02. The Bertz CT molecular complexity index is 589. The number of fused-ring (bicyclic) bond motifs is 1. The monoisotopic (exact) mass is 252 g/mol. The summed E-state index contributed by atoms with van der Waals surface area (Å²) in [4.78, 5) is 2.42. The molecular formula is C17H20N2. The molecule has 1 heterocycles. The van der Waals surface area contributed by atoms with Gasteiger partial charge in [0.25, 0.3) is 0 Å². The van der Waals surface area contributed by atoms with Gasteiger partial charge >= 0.3 is 0 Å². The molecule has 0 fully saturated rings. The molecule has 98 valence electrons. The second-order valence-corrected chi connectivity index (χ2v) is 5.40. The van der Waals surface area contributed by atoms with E-state index >= 15 is 0 Å². The molecule has 0 saturated carbocycles. The van der Waals surface area contributed by atoms with Crippen LogP contribution < -0.4 is 10.6 Å². The number of hydrogen-bond donors (Lipinski definition) is 1. The minimum Gasteiger partial charge on any atom is -0.338 e. The quantitative estimate of drug-likeness (QED) is 0.881. The third-order valence-electron chi connectivity index (χ3n) is 3.89. The van der Waals surface area contributed by atoms with E-state index in [2.05, 4.69) is 60.4 Å². The van der Waals surface area contributed by atoms with E-state index in [-0.39, 0.29) is 6.04 Å². The first kappa shape index (κ1) is 12.2. The van der Waals surface area contributed by atoms with Crippen LogP contribution >= 0.6 is 0 Å². The zero-order chi connectivity index (χ0) is 13.4. The molecule has 0 radical (unpaired) electrons. The number of anilines is 2. The second-order valence-electron chi connectivity index (χ2n) is 5.40. The maximum absolute atomic E-state index is 6.12. The van der Waals surface area contributed by atoms with Gasteiger partial charge in [0.1, 0.15) is 0 Å². The van der Waals surface area contributed by atoms with Crippen molar-refractivity contribution in [2.75, 3.05) is 4.90 Å². The minimum absolute atomic E-state index is 0.0520. The first-order valence-corrected chi connectivity index (χ1v) is 6.90. The van der Waals surface area contributed by atoms with Gasteiger partial charge in [-0.15, -0.1) is 0 Å². The largest absolute Gasteiger partial charge is 0.338 e. The molecule has 3 rings (SSSR count). The zero-order valence-corrected chi connectivity index (χ0v) is 11.5. The highest BCUT2D eigenvalue weighted by molar-refractivity contribution is 5.73. The van der Waals surface area contributed by atoms with E-state index in [4.69, 9.17) is 5.73 Å². The summed E-state index contributed by atoms with van der Waals surface area (Å²) in [6, 6.07) is 17.7. The van der Waals surface area contributed by atoms with Crippen molar-refractivity contribution in [2.24, 2.45) is 5.73 Å². The number of rotatable bonds is 2. The Morgan fingerprint density at radius 1 is 1.05 bits per heavy atom. The fraction of sp³-hybridized carbons (Fsp3) is 0.294. The third kappa shape index (κ3) is 2.02. The maximum atomic E-state index is 6.12. The summed E-state index contributed by atoms with van der Waals surface area (Å²) in [6.07, 6.45) is 1.10. The zero-order valence-electron chi connectivity index (χ0n) is 11.5. The van der Waals surface area contributed by atoms with Gasteiger partial charge in [-0.05, 0) is 43.5 Å². The van der Waals surface area contributed by atoms with E-state index < -0.39 is 0 Å². The van der Waals surface area contributed by atoms with Crippen LogP contribution in [0.1, 0.15) is 31.0 Å².